The smallest absolute Gasteiger partial charge is 0.337 e. The second-order valence-electron chi connectivity index (χ2n) is 4.47. The van der Waals surface area contributed by atoms with Gasteiger partial charge in [0.2, 0.25) is 0 Å². The Hall–Kier alpha value is -1.29. The summed E-state index contributed by atoms with van der Waals surface area (Å²) in [5.74, 6) is -0.267. The molecular formula is C12H16O4. The highest BCUT2D eigenvalue weighted by Gasteiger charge is 2.48. The number of hydrogen-bond donors (Lipinski definition) is 1. The van der Waals surface area contributed by atoms with E-state index in [9.17, 15) is 9.90 Å². The third-order valence-electron chi connectivity index (χ3n) is 3.67. The molecule has 0 saturated heterocycles. The Morgan fingerprint density at radius 1 is 1.75 bits per heavy atom. The number of carbonyl (C=O) groups excluding carboxylic acids is 1. The van der Waals surface area contributed by atoms with Crippen LogP contribution in [0.1, 0.15) is 13.3 Å². The van der Waals surface area contributed by atoms with Gasteiger partial charge in [-0.25, -0.2) is 4.79 Å². The van der Waals surface area contributed by atoms with Crippen molar-refractivity contribution in [3.8, 4) is 0 Å². The molecule has 2 rings (SSSR count). The fourth-order valence-corrected chi connectivity index (χ4v) is 2.55. The molecule has 1 aliphatic heterocycles. The Balaban J connectivity index is 2.32. The van der Waals surface area contributed by atoms with Gasteiger partial charge in [-0.1, -0.05) is 13.0 Å². The van der Waals surface area contributed by atoms with Crippen molar-refractivity contribution < 1.29 is 19.4 Å². The minimum Gasteiger partial charge on any atom is -0.500 e. The first-order valence-corrected chi connectivity index (χ1v) is 5.34. The maximum Gasteiger partial charge on any atom is 0.337 e. The van der Waals surface area contributed by atoms with Crippen molar-refractivity contribution in [2.45, 2.75) is 13.3 Å². The van der Waals surface area contributed by atoms with Crippen LogP contribution in [-0.4, -0.2) is 31.4 Å². The van der Waals surface area contributed by atoms with Crippen molar-refractivity contribution in [3.05, 3.63) is 23.5 Å². The first kappa shape index (κ1) is 11.2. The summed E-state index contributed by atoms with van der Waals surface area (Å²) in [4.78, 5) is 11.7. The van der Waals surface area contributed by atoms with E-state index >= 15 is 0 Å². The molecule has 2 atom stereocenters. The maximum atomic E-state index is 11.7. The van der Waals surface area contributed by atoms with E-state index in [4.69, 9.17) is 9.47 Å². The number of aliphatic hydroxyl groups excluding tert-OH is 1. The first-order chi connectivity index (χ1) is 7.63. The zero-order valence-electron chi connectivity index (χ0n) is 9.53. The van der Waals surface area contributed by atoms with Crippen LogP contribution in [0.2, 0.25) is 0 Å². The standard InChI is InChI=1S/C12H16O4/c1-12-4-3-8(5-13)9(12)6-16-7-10(12)11(14)15-2/h3,7,9,13H,4-6H2,1-2H3. The Morgan fingerprint density at radius 3 is 3.12 bits per heavy atom. The van der Waals surface area contributed by atoms with Crippen LogP contribution in [0.5, 0.6) is 0 Å². The highest BCUT2D eigenvalue weighted by Crippen LogP contribution is 2.50. The molecule has 0 aromatic carbocycles. The number of aliphatic hydroxyl groups is 1. The van der Waals surface area contributed by atoms with Crippen LogP contribution in [0.3, 0.4) is 0 Å². The summed E-state index contributed by atoms with van der Waals surface area (Å²) in [5.41, 5.74) is 1.23. The second-order valence-corrected chi connectivity index (χ2v) is 4.47. The number of ether oxygens (including phenoxy) is 2. The normalized spacial score (nSPS) is 32.3. The zero-order valence-corrected chi connectivity index (χ0v) is 9.53. The van der Waals surface area contributed by atoms with E-state index in [0.29, 0.717) is 12.2 Å². The van der Waals surface area contributed by atoms with E-state index in [2.05, 4.69) is 0 Å². The molecule has 4 nitrogen and oxygen atoms in total. The highest BCUT2D eigenvalue weighted by atomic mass is 16.5. The first-order valence-electron chi connectivity index (χ1n) is 5.34. The largest absolute Gasteiger partial charge is 0.500 e. The molecule has 1 heterocycles. The minimum atomic E-state index is -0.347. The second kappa shape index (κ2) is 3.94. The Kier molecular flexibility index (Phi) is 2.76. The number of rotatable bonds is 2. The summed E-state index contributed by atoms with van der Waals surface area (Å²) in [7, 11) is 1.37. The fraction of sp³-hybridized carbons (Fsp3) is 0.583. The van der Waals surface area contributed by atoms with Crippen LogP contribution < -0.4 is 0 Å². The number of esters is 1. The van der Waals surface area contributed by atoms with Crippen LogP contribution in [0.4, 0.5) is 0 Å². The minimum absolute atomic E-state index is 0.0259. The van der Waals surface area contributed by atoms with Crippen LogP contribution in [-0.2, 0) is 14.3 Å². The Bertz CT molecular complexity index is 369. The van der Waals surface area contributed by atoms with Gasteiger partial charge < -0.3 is 14.6 Å². The molecule has 0 bridgehead atoms. The van der Waals surface area contributed by atoms with E-state index in [1.807, 2.05) is 13.0 Å². The predicted molar refractivity (Wildman–Crippen MR) is 57.4 cm³/mol. The molecule has 2 aliphatic rings. The Morgan fingerprint density at radius 2 is 2.50 bits per heavy atom. The zero-order chi connectivity index (χ0) is 11.8. The molecule has 0 amide bonds. The fourth-order valence-electron chi connectivity index (χ4n) is 2.55. The van der Waals surface area contributed by atoms with Crippen LogP contribution in [0.15, 0.2) is 23.5 Å². The molecule has 88 valence electrons. The molecule has 2 unspecified atom stereocenters. The lowest BCUT2D eigenvalue weighted by Crippen LogP contribution is -2.37. The summed E-state index contributed by atoms with van der Waals surface area (Å²) in [6.45, 7) is 2.56. The number of hydrogen-bond acceptors (Lipinski definition) is 4. The maximum absolute atomic E-state index is 11.7. The van der Waals surface area contributed by atoms with Crippen molar-refractivity contribution >= 4 is 5.97 Å². The van der Waals surface area contributed by atoms with Gasteiger partial charge in [-0.05, 0) is 12.0 Å². The monoisotopic (exact) mass is 224 g/mol. The molecule has 16 heavy (non-hydrogen) atoms. The van der Waals surface area contributed by atoms with Crippen molar-refractivity contribution in [2.75, 3.05) is 20.3 Å². The van der Waals surface area contributed by atoms with Crippen molar-refractivity contribution in [1.29, 1.82) is 0 Å². The highest BCUT2D eigenvalue weighted by molar-refractivity contribution is 5.90. The van der Waals surface area contributed by atoms with E-state index in [-0.39, 0.29) is 23.9 Å². The summed E-state index contributed by atoms with van der Waals surface area (Å²) in [6.07, 6.45) is 4.24. The van der Waals surface area contributed by atoms with Gasteiger partial charge in [0.15, 0.2) is 0 Å². The number of methoxy groups -OCH3 is 1. The van der Waals surface area contributed by atoms with Gasteiger partial charge in [-0.3, -0.25) is 0 Å². The summed E-state index contributed by atoms with van der Waals surface area (Å²) < 4.78 is 10.1. The van der Waals surface area contributed by atoms with Gasteiger partial charge in [-0.15, -0.1) is 0 Å². The molecule has 0 spiro atoms. The van der Waals surface area contributed by atoms with Crippen molar-refractivity contribution in [2.24, 2.45) is 11.3 Å². The van der Waals surface area contributed by atoms with Crippen LogP contribution in [0, 0.1) is 11.3 Å². The van der Waals surface area contributed by atoms with E-state index < -0.39 is 0 Å². The van der Waals surface area contributed by atoms with E-state index in [1.165, 1.54) is 13.4 Å². The quantitative estimate of drug-likeness (QED) is 0.562. The third-order valence-corrected chi connectivity index (χ3v) is 3.67. The topological polar surface area (TPSA) is 55.8 Å². The SMILES string of the molecule is COC(=O)C1=COCC2C(CO)=CCC12C. The lowest BCUT2D eigenvalue weighted by Gasteiger charge is -2.37. The summed E-state index contributed by atoms with van der Waals surface area (Å²) in [6, 6.07) is 0. The van der Waals surface area contributed by atoms with Gasteiger partial charge in [0.1, 0.15) is 0 Å². The van der Waals surface area contributed by atoms with Gasteiger partial charge in [0, 0.05) is 11.3 Å². The molecule has 0 fully saturated rings. The van der Waals surface area contributed by atoms with Crippen molar-refractivity contribution in [1.82, 2.24) is 0 Å². The number of carbonyl (C=O) groups is 1. The van der Waals surface area contributed by atoms with E-state index in [1.54, 1.807) is 0 Å². The Labute approximate surface area is 94.5 Å². The summed E-state index contributed by atoms with van der Waals surface area (Å²) >= 11 is 0. The van der Waals surface area contributed by atoms with Crippen LogP contribution >= 0.6 is 0 Å². The molecule has 1 aliphatic carbocycles. The molecule has 0 radical (unpaired) electrons. The van der Waals surface area contributed by atoms with Crippen molar-refractivity contribution in [3.63, 3.8) is 0 Å². The van der Waals surface area contributed by atoms with Gasteiger partial charge in [0.05, 0.1) is 32.2 Å². The molecule has 0 saturated carbocycles. The average Bonchev–Trinajstić information content (AvgIpc) is 2.64. The summed E-state index contributed by atoms with van der Waals surface area (Å²) in [5, 5.41) is 9.24. The lowest BCUT2D eigenvalue weighted by atomic mass is 9.71. The van der Waals surface area contributed by atoms with Crippen LogP contribution in [0.25, 0.3) is 0 Å². The third kappa shape index (κ3) is 1.45. The number of allylic oxidation sites excluding steroid dienone is 1. The molecule has 1 N–H and O–H groups in total. The lowest BCUT2D eigenvalue weighted by molar-refractivity contribution is -0.138. The van der Waals surface area contributed by atoms with Gasteiger partial charge >= 0.3 is 5.97 Å². The molecule has 0 aromatic heterocycles. The van der Waals surface area contributed by atoms with E-state index in [0.717, 1.165) is 12.0 Å². The molecule has 4 heteroatoms. The molecular weight excluding hydrogens is 208 g/mol. The predicted octanol–water partition coefficient (Wildman–Crippen LogP) is 1.02. The average molecular weight is 224 g/mol. The van der Waals surface area contributed by atoms with Gasteiger partial charge in [0.25, 0.3) is 0 Å². The molecule has 0 aromatic rings. The number of fused-ring (bicyclic) bond motifs is 1. The van der Waals surface area contributed by atoms with Gasteiger partial charge in [-0.2, -0.15) is 0 Å².